The topological polar surface area (TPSA) is 235 Å². The number of unbranched alkanes of at least 4 members (excludes halogenated alkanes) is 1. The third-order valence-corrected chi connectivity index (χ3v) is 15.9. The van der Waals surface area contributed by atoms with Crippen LogP contribution < -0.4 is 16.4 Å². The van der Waals surface area contributed by atoms with Gasteiger partial charge in [-0.3, -0.25) is 24.0 Å². The van der Waals surface area contributed by atoms with Crippen molar-refractivity contribution < 1.29 is 53.7 Å². The minimum absolute atomic E-state index is 0.00766. The first-order valence-electron chi connectivity index (χ1n) is 25.6. The number of aromatic hydroxyl groups is 4. The number of hydrogen-bond donors (Lipinski definition) is 7. The van der Waals surface area contributed by atoms with Crippen LogP contribution in [0.15, 0.2) is 84.9 Å². The molecule has 3 aliphatic carbocycles. The summed E-state index contributed by atoms with van der Waals surface area (Å²) in [5, 5.41) is 46.3. The second-order valence-corrected chi connectivity index (χ2v) is 21.5. The number of aryl methyl sites for hydroxylation is 1. The predicted octanol–water partition coefficient (Wildman–Crippen LogP) is 8.18. The lowest BCUT2D eigenvalue weighted by Crippen LogP contribution is -2.65. The van der Waals surface area contributed by atoms with E-state index in [-0.39, 0.29) is 91.2 Å². The first-order chi connectivity index (χ1) is 34.2. The summed E-state index contributed by atoms with van der Waals surface area (Å²) in [6.45, 7) is 12.3. The van der Waals surface area contributed by atoms with Gasteiger partial charge in [-0.1, -0.05) is 102 Å². The lowest BCUT2D eigenvalue weighted by Gasteiger charge is -2.64. The zero-order valence-electron chi connectivity index (χ0n) is 42.5. The Morgan fingerprint density at radius 3 is 1.79 bits per heavy atom. The van der Waals surface area contributed by atoms with Crippen LogP contribution in [-0.2, 0) is 47.7 Å². The van der Waals surface area contributed by atoms with Crippen molar-refractivity contribution in [3.05, 3.63) is 107 Å². The van der Waals surface area contributed by atoms with Crippen LogP contribution in [0, 0.1) is 29.1 Å². The van der Waals surface area contributed by atoms with Crippen molar-refractivity contribution in [2.24, 2.45) is 34.8 Å². The number of carbonyl (C=O) groups excluding carboxylic acids is 5. The number of Topliss-reactive ketones (excluding diaryl/α,β-unsaturated/α-hetero) is 3. The van der Waals surface area contributed by atoms with Crippen molar-refractivity contribution in [2.45, 2.75) is 142 Å². The summed E-state index contributed by atoms with van der Waals surface area (Å²) in [5.74, 6) is -5.26. The van der Waals surface area contributed by atoms with Crippen LogP contribution in [0.4, 0.5) is 0 Å². The Hall–Kier alpha value is -6.03. The number of hydrogen-bond acceptors (Lipinski definition) is 12. The number of phenols is 4. The van der Waals surface area contributed by atoms with Gasteiger partial charge >= 0.3 is 7.12 Å². The van der Waals surface area contributed by atoms with Gasteiger partial charge in [-0.05, 0) is 134 Å². The van der Waals surface area contributed by atoms with Gasteiger partial charge in [0.2, 0.25) is 11.8 Å². The molecule has 1 unspecified atom stereocenters. The molecular weight excluding hydrogens is 913 g/mol. The average Bonchev–Trinajstić information content (AvgIpc) is 3.72. The maximum absolute atomic E-state index is 14.3. The van der Waals surface area contributed by atoms with E-state index in [9.17, 15) is 44.4 Å². The van der Waals surface area contributed by atoms with Crippen molar-refractivity contribution in [3.63, 3.8) is 0 Å². The van der Waals surface area contributed by atoms with Gasteiger partial charge in [0.15, 0.2) is 40.3 Å². The summed E-state index contributed by atoms with van der Waals surface area (Å²) in [4.78, 5) is 70.5. The highest BCUT2D eigenvalue weighted by Crippen LogP contribution is 2.66. The normalized spacial score (nSPS) is 21.8. The van der Waals surface area contributed by atoms with Gasteiger partial charge in [0.05, 0.1) is 23.8 Å². The maximum Gasteiger partial charge on any atom is 0.461 e. The summed E-state index contributed by atoms with van der Waals surface area (Å²) in [6.07, 6.45) is 4.57. The van der Waals surface area contributed by atoms with Crippen molar-refractivity contribution in [2.75, 3.05) is 6.54 Å². The van der Waals surface area contributed by atoms with Crippen molar-refractivity contribution in [1.29, 1.82) is 0 Å². The highest BCUT2D eigenvalue weighted by molar-refractivity contribution is 6.47. The first-order valence-corrected chi connectivity index (χ1v) is 25.6. The molecule has 8 N–H and O–H groups in total. The fourth-order valence-corrected chi connectivity index (χ4v) is 11.2. The molecule has 15 heteroatoms. The average molecular weight is 986 g/mol. The monoisotopic (exact) mass is 986 g/mol. The summed E-state index contributed by atoms with van der Waals surface area (Å²) in [6, 6.07) is 21.4. The second-order valence-electron chi connectivity index (χ2n) is 21.5. The second kappa shape index (κ2) is 22.8. The van der Waals surface area contributed by atoms with E-state index in [2.05, 4.69) is 62.6 Å². The number of rotatable bonds is 24. The van der Waals surface area contributed by atoms with Gasteiger partial charge < -0.3 is 46.1 Å². The number of amides is 2. The molecule has 0 radical (unpaired) electrons. The zero-order chi connectivity index (χ0) is 52.1. The van der Waals surface area contributed by atoms with E-state index in [1.165, 1.54) is 42.8 Å². The number of nitrogens with two attached hydrogens (primary N) is 1. The van der Waals surface area contributed by atoms with E-state index in [1.54, 1.807) is 18.2 Å². The molecule has 2 bridgehead atoms. The molecule has 4 aromatic rings. The van der Waals surface area contributed by atoms with Gasteiger partial charge in [-0.15, -0.1) is 0 Å². The fraction of sp³-hybridized carbons (Fsp3) is 0.491. The lowest BCUT2D eigenvalue weighted by molar-refractivity contribution is -0.199. The standard InChI is InChI=1S/C57H72BN3O11/c1-7-8-9-35-10-14-38(15-11-35)39-16-18-40(19-17-39)47(64)30-41(22-23-59)55(70)61-43(26-36-12-20-45(62)50(67)28-36)48(65)24-33(2)54(69)60-44(27-37-13-21-46(63)51(68)29-37)49(66)25-34(3)58-71-53-32-42-31-52(56(42,4)5)57(53,6)72-58/h10-21,28-29,33-34,41-44,52-53,62-63,67-68H,7-9,22-27,30-32,59H2,1-6H3,(H,60,69)(H,61,70)/t33-,34-,41-,42+,43+,44+,52+,53?,57+/m1/s1. The molecule has 4 fully saturated rings. The summed E-state index contributed by atoms with van der Waals surface area (Å²) in [5.41, 5.74) is 10.1. The SMILES string of the molecule is CCCCc1ccc(-c2ccc(C(=O)C[C@@H](CCN)C(=O)N[C@@H](Cc3ccc(O)c(O)c3)C(=O)C[C@@H](C)C(=O)N[C@@H](Cc3ccc(O)c(O)c3)C(=O)C[C@@H](C)B3OC4C[C@@H]5C[C@@H](C5(C)C)[C@]4(C)O3)cc2)cc1. The molecule has 2 amide bonds. The Morgan fingerprint density at radius 2 is 1.25 bits per heavy atom. The van der Waals surface area contributed by atoms with Gasteiger partial charge in [0.25, 0.3) is 0 Å². The molecule has 3 saturated carbocycles. The number of carbonyl (C=O) groups is 5. The molecule has 72 heavy (non-hydrogen) atoms. The number of nitrogens with one attached hydrogen (secondary N) is 2. The number of phenolic OH excluding ortho intramolecular Hbond substituents is 4. The van der Waals surface area contributed by atoms with Crippen LogP contribution in [0.5, 0.6) is 23.0 Å². The van der Waals surface area contributed by atoms with Crippen molar-refractivity contribution >= 4 is 36.3 Å². The largest absolute Gasteiger partial charge is 0.504 e. The first kappa shape index (κ1) is 53.8. The van der Waals surface area contributed by atoms with Gasteiger partial charge in [-0.25, -0.2) is 0 Å². The molecule has 1 heterocycles. The lowest BCUT2D eigenvalue weighted by atomic mass is 9.43. The summed E-state index contributed by atoms with van der Waals surface area (Å²) >= 11 is 0. The van der Waals surface area contributed by atoms with Gasteiger partial charge in [0.1, 0.15) is 0 Å². The summed E-state index contributed by atoms with van der Waals surface area (Å²) < 4.78 is 13.1. The Labute approximate surface area is 423 Å². The molecule has 4 aliphatic rings. The summed E-state index contributed by atoms with van der Waals surface area (Å²) in [7, 11) is -0.634. The smallest absolute Gasteiger partial charge is 0.461 e. The zero-order valence-corrected chi connectivity index (χ0v) is 42.5. The number of ketones is 3. The van der Waals surface area contributed by atoms with Crippen molar-refractivity contribution in [3.8, 4) is 34.1 Å². The molecule has 384 valence electrons. The molecule has 9 atom stereocenters. The Morgan fingerprint density at radius 1 is 0.708 bits per heavy atom. The Balaban J connectivity index is 1.03. The van der Waals surface area contributed by atoms with Crippen LogP contribution in [-0.4, -0.2) is 87.0 Å². The Kier molecular flexibility index (Phi) is 17.0. The van der Waals surface area contributed by atoms with Crippen molar-refractivity contribution in [1.82, 2.24) is 10.6 Å². The molecular formula is C57H72BN3O11. The predicted molar refractivity (Wildman–Crippen MR) is 275 cm³/mol. The number of benzene rings is 4. The van der Waals surface area contributed by atoms with Gasteiger partial charge in [0, 0.05) is 36.7 Å². The van der Waals surface area contributed by atoms with E-state index in [4.69, 9.17) is 15.0 Å². The molecule has 4 aromatic carbocycles. The van der Waals surface area contributed by atoms with E-state index in [0.717, 1.165) is 43.2 Å². The highest BCUT2D eigenvalue weighted by atomic mass is 16.7. The molecule has 0 aromatic heterocycles. The molecule has 1 saturated heterocycles. The van der Waals surface area contributed by atoms with E-state index in [1.807, 2.05) is 19.1 Å². The molecule has 8 rings (SSSR count). The maximum atomic E-state index is 14.3. The third-order valence-electron chi connectivity index (χ3n) is 15.9. The van der Waals surface area contributed by atoms with Crippen LogP contribution in [0.2, 0.25) is 5.82 Å². The fourth-order valence-electron chi connectivity index (χ4n) is 11.2. The van der Waals surface area contributed by atoms with E-state index in [0.29, 0.717) is 28.5 Å². The highest BCUT2D eigenvalue weighted by Gasteiger charge is 2.68. The van der Waals surface area contributed by atoms with E-state index >= 15 is 0 Å². The minimum atomic E-state index is -1.23. The molecule has 1 aliphatic heterocycles. The quantitative estimate of drug-likeness (QED) is 0.0200. The molecule has 14 nitrogen and oxygen atoms in total. The molecule has 0 spiro atoms. The van der Waals surface area contributed by atoms with Crippen LogP contribution in [0.3, 0.4) is 0 Å². The Bertz CT molecular complexity index is 2600. The van der Waals surface area contributed by atoms with Crippen LogP contribution in [0.1, 0.15) is 120 Å². The van der Waals surface area contributed by atoms with Crippen LogP contribution >= 0.6 is 0 Å². The minimum Gasteiger partial charge on any atom is -0.504 e. The van der Waals surface area contributed by atoms with Crippen LogP contribution in [0.25, 0.3) is 11.1 Å². The van der Waals surface area contributed by atoms with E-state index < -0.39 is 60.0 Å². The van der Waals surface area contributed by atoms with Gasteiger partial charge in [-0.2, -0.15) is 0 Å². The third kappa shape index (κ3) is 12.2.